The number of anilines is 2. The standard InChI is InChI=1S/C13H20N4O4/c1-8(18)10-7-16(3-4-17(10)13(19)20)9-6-15-12(14)5-11(9)21-2/h5-6,8,10,18H,3-4,7H2,1-2H3,(H2,14,15)(H,19,20)/t8?,10-/m1/s1. The predicted octanol–water partition coefficient (Wildman–Crippen LogP) is 0.222. The van der Waals surface area contributed by atoms with Gasteiger partial charge in [0.25, 0.3) is 0 Å². The normalized spacial score (nSPS) is 20.2. The number of nitrogen functional groups attached to an aromatic ring is 1. The van der Waals surface area contributed by atoms with Gasteiger partial charge in [0.1, 0.15) is 11.6 Å². The average molecular weight is 296 g/mol. The molecule has 1 aromatic heterocycles. The SMILES string of the molecule is COc1cc(N)ncc1N1CCN(C(=O)O)[C@@H](C(C)O)C1. The highest BCUT2D eigenvalue weighted by Crippen LogP contribution is 2.30. The number of pyridine rings is 1. The molecule has 1 aromatic rings. The highest BCUT2D eigenvalue weighted by atomic mass is 16.5. The third-order valence-electron chi connectivity index (χ3n) is 3.65. The van der Waals surface area contributed by atoms with Gasteiger partial charge in [0.2, 0.25) is 0 Å². The minimum absolute atomic E-state index is 0.304. The van der Waals surface area contributed by atoms with E-state index in [1.54, 1.807) is 19.2 Å². The predicted molar refractivity (Wildman–Crippen MR) is 77.6 cm³/mol. The summed E-state index contributed by atoms with van der Waals surface area (Å²) < 4.78 is 5.30. The summed E-state index contributed by atoms with van der Waals surface area (Å²) in [6, 6.07) is 1.12. The molecule has 2 atom stereocenters. The second kappa shape index (κ2) is 6.04. The molecule has 4 N–H and O–H groups in total. The lowest BCUT2D eigenvalue weighted by Gasteiger charge is -2.42. The van der Waals surface area contributed by atoms with Crippen LogP contribution in [-0.4, -0.2) is 65.1 Å². The third kappa shape index (κ3) is 3.10. The molecule has 1 unspecified atom stereocenters. The summed E-state index contributed by atoms with van der Waals surface area (Å²) in [4.78, 5) is 18.5. The van der Waals surface area contributed by atoms with Gasteiger partial charge in [-0.3, -0.25) is 4.90 Å². The quantitative estimate of drug-likeness (QED) is 0.731. The number of hydrogen-bond acceptors (Lipinski definition) is 6. The first-order valence-corrected chi connectivity index (χ1v) is 6.66. The van der Waals surface area contributed by atoms with Crippen LogP contribution in [0.25, 0.3) is 0 Å². The van der Waals surface area contributed by atoms with Gasteiger partial charge >= 0.3 is 6.09 Å². The van der Waals surface area contributed by atoms with Crippen LogP contribution in [0.15, 0.2) is 12.3 Å². The van der Waals surface area contributed by atoms with Crippen LogP contribution in [0.1, 0.15) is 6.92 Å². The van der Waals surface area contributed by atoms with E-state index in [1.807, 2.05) is 4.90 Å². The van der Waals surface area contributed by atoms with E-state index in [9.17, 15) is 15.0 Å². The van der Waals surface area contributed by atoms with E-state index in [0.29, 0.717) is 31.2 Å². The van der Waals surface area contributed by atoms with Crippen LogP contribution < -0.4 is 15.4 Å². The Morgan fingerprint density at radius 2 is 2.29 bits per heavy atom. The van der Waals surface area contributed by atoms with Crippen molar-refractivity contribution in [3.63, 3.8) is 0 Å². The van der Waals surface area contributed by atoms with E-state index in [4.69, 9.17) is 10.5 Å². The van der Waals surface area contributed by atoms with Crippen molar-refractivity contribution in [1.82, 2.24) is 9.88 Å². The van der Waals surface area contributed by atoms with E-state index >= 15 is 0 Å². The summed E-state index contributed by atoms with van der Waals surface area (Å²) >= 11 is 0. The maximum Gasteiger partial charge on any atom is 0.407 e. The zero-order valence-electron chi connectivity index (χ0n) is 12.1. The number of carboxylic acid groups (broad SMARTS) is 1. The lowest BCUT2D eigenvalue weighted by atomic mass is 10.1. The lowest BCUT2D eigenvalue weighted by molar-refractivity contribution is 0.0515. The number of amides is 1. The molecule has 0 aromatic carbocycles. The molecule has 1 aliphatic rings. The highest BCUT2D eigenvalue weighted by Gasteiger charge is 2.34. The van der Waals surface area contributed by atoms with Crippen molar-refractivity contribution < 1.29 is 19.7 Å². The topological polar surface area (TPSA) is 112 Å². The summed E-state index contributed by atoms with van der Waals surface area (Å²) in [6.07, 6.45) is -0.191. The van der Waals surface area contributed by atoms with Gasteiger partial charge in [-0.1, -0.05) is 0 Å². The number of aliphatic hydroxyl groups excluding tert-OH is 1. The van der Waals surface area contributed by atoms with Gasteiger partial charge in [0.15, 0.2) is 0 Å². The van der Waals surface area contributed by atoms with Crippen LogP contribution in [0.4, 0.5) is 16.3 Å². The lowest BCUT2D eigenvalue weighted by Crippen LogP contribution is -2.58. The van der Waals surface area contributed by atoms with Gasteiger partial charge in [-0.25, -0.2) is 9.78 Å². The van der Waals surface area contributed by atoms with Crippen LogP contribution in [-0.2, 0) is 0 Å². The summed E-state index contributed by atoms with van der Waals surface area (Å²) in [5.41, 5.74) is 6.37. The van der Waals surface area contributed by atoms with Crippen molar-refractivity contribution in [3.05, 3.63) is 12.3 Å². The van der Waals surface area contributed by atoms with E-state index in [1.165, 1.54) is 12.0 Å². The molecular formula is C13H20N4O4. The first-order valence-electron chi connectivity index (χ1n) is 6.66. The van der Waals surface area contributed by atoms with Crippen LogP contribution in [0.3, 0.4) is 0 Å². The van der Waals surface area contributed by atoms with Crippen LogP contribution in [0, 0.1) is 0 Å². The fourth-order valence-electron chi connectivity index (χ4n) is 2.52. The molecule has 1 amide bonds. The summed E-state index contributed by atoms with van der Waals surface area (Å²) in [6.45, 7) is 2.75. The second-order valence-corrected chi connectivity index (χ2v) is 5.01. The Balaban J connectivity index is 2.25. The number of aromatic nitrogens is 1. The molecule has 8 heteroatoms. The molecule has 2 rings (SSSR count). The minimum atomic E-state index is -1.03. The summed E-state index contributed by atoms with van der Waals surface area (Å²) in [7, 11) is 1.54. The molecule has 2 heterocycles. The number of aliphatic hydroxyl groups is 1. The van der Waals surface area contributed by atoms with Gasteiger partial charge < -0.3 is 25.6 Å². The Bertz CT molecular complexity index is 523. The third-order valence-corrected chi connectivity index (χ3v) is 3.65. The number of carbonyl (C=O) groups is 1. The zero-order valence-corrected chi connectivity index (χ0v) is 12.1. The Morgan fingerprint density at radius 1 is 1.57 bits per heavy atom. The van der Waals surface area contributed by atoms with Gasteiger partial charge in [-0.2, -0.15) is 0 Å². The summed E-state index contributed by atoms with van der Waals surface area (Å²) in [5.74, 6) is 0.933. The maximum atomic E-state index is 11.2. The van der Waals surface area contributed by atoms with E-state index in [0.717, 1.165) is 5.69 Å². The molecule has 0 aliphatic carbocycles. The highest BCUT2D eigenvalue weighted by molar-refractivity contribution is 5.67. The monoisotopic (exact) mass is 296 g/mol. The van der Waals surface area contributed by atoms with Gasteiger partial charge in [0.05, 0.1) is 31.1 Å². The minimum Gasteiger partial charge on any atom is -0.494 e. The fourth-order valence-corrected chi connectivity index (χ4v) is 2.52. The van der Waals surface area contributed by atoms with Crippen molar-refractivity contribution in [3.8, 4) is 5.75 Å². The molecule has 1 fully saturated rings. The number of nitrogens with two attached hydrogens (primary N) is 1. The molecule has 0 bridgehead atoms. The summed E-state index contributed by atoms with van der Waals surface area (Å²) in [5, 5.41) is 19.0. The van der Waals surface area contributed by atoms with Crippen molar-refractivity contribution in [2.24, 2.45) is 0 Å². The molecule has 0 saturated carbocycles. The van der Waals surface area contributed by atoms with E-state index < -0.39 is 18.2 Å². The van der Waals surface area contributed by atoms with Crippen LogP contribution >= 0.6 is 0 Å². The Morgan fingerprint density at radius 3 is 2.86 bits per heavy atom. The largest absolute Gasteiger partial charge is 0.494 e. The Hall–Kier alpha value is -2.22. The van der Waals surface area contributed by atoms with E-state index in [2.05, 4.69) is 4.98 Å². The number of hydrogen-bond donors (Lipinski definition) is 3. The molecule has 0 spiro atoms. The number of piperazine rings is 1. The molecule has 116 valence electrons. The van der Waals surface area contributed by atoms with Crippen molar-refractivity contribution in [1.29, 1.82) is 0 Å². The number of nitrogens with zero attached hydrogens (tertiary/aromatic N) is 3. The average Bonchev–Trinajstić information content (AvgIpc) is 2.46. The van der Waals surface area contributed by atoms with Crippen LogP contribution in [0.2, 0.25) is 0 Å². The molecular weight excluding hydrogens is 276 g/mol. The Labute approximate surface area is 122 Å². The van der Waals surface area contributed by atoms with Crippen molar-refractivity contribution in [2.75, 3.05) is 37.4 Å². The molecule has 1 saturated heterocycles. The molecule has 8 nitrogen and oxygen atoms in total. The van der Waals surface area contributed by atoms with Crippen LogP contribution in [0.5, 0.6) is 5.75 Å². The van der Waals surface area contributed by atoms with Gasteiger partial charge in [-0.15, -0.1) is 0 Å². The molecule has 1 aliphatic heterocycles. The van der Waals surface area contributed by atoms with Gasteiger partial charge in [-0.05, 0) is 6.92 Å². The maximum absolute atomic E-state index is 11.2. The molecule has 0 radical (unpaired) electrons. The first kappa shape index (κ1) is 15.2. The van der Waals surface area contributed by atoms with Crippen molar-refractivity contribution in [2.45, 2.75) is 19.1 Å². The number of ether oxygens (including phenoxy) is 1. The second-order valence-electron chi connectivity index (χ2n) is 5.01. The molecule has 21 heavy (non-hydrogen) atoms. The number of rotatable bonds is 3. The Kier molecular flexibility index (Phi) is 4.37. The van der Waals surface area contributed by atoms with Gasteiger partial charge in [0, 0.05) is 25.7 Å². The van der Waals surface area contributed by atoms with E-state index in [-0.39, 0.29) is 0 Å². The smallest absolute Gasteiger partial charge is 0.407 e. The fraction of sp³-hybridized carbons (Fsp3) is 0.538. The van der Waals surface area contributed by atoms with Crippen molar-refractivity contribution >= 4 is 17.6 Å². The first-order chi connectivity index (χ1) is 9.93. The zero-order chi connectivity index (χ0) is 15.6. The number of methoxy groups -OCH3 is 1.